The topological polar surface area (TPSA) is 49.3 Å². The average molecular weight is 251 g/mol. The first-order valence-electron chi connectivity index (χ1n) is 5.86. The number of hydrogen-bond acceptors (Lipinski definition) is 3. The summed E-state index contributed by atoms with van der Waals surface area (Å²) in [5, 5.41) is 12.1. The van der Waals surface area contributed by atoms with Crippen LogP contribution in [0.25, 0.3) is 0 Å². The maximum atomic E-state index is 10.6. The summed E-state index contributed by atoms with van der Waals surface area (Å²) in [5.41, 5.74) is 2.41. The van der Waals surface area contributed by atoms with Crippen LogP contribution in [0.15, 0.2) is 23.1 Å². The van der Waals surface area contributed by atoms with Crippen LogP contribution in [0, 0.1) is 5.92 Å². The van der Waals surface area contributed by atoms with Crippen LogP contribution in [-0.4, -0.2) is 23.4 Å². The number of fused-ring (bicyclic) bond motifs is 1. The van der Waals surface area contributed by atoms with Gasteiger partial charge in [0, 0.05) is 29.3 Å². The molecule has 92 valence electrons. The molecule has 0 saturated heterocycles. The number of rotatable bonds is 4. The lowest BCUT2D eigenvalue weighted by molar-refractivity contribution is -0.137. The number of anilines is 1. The molecule has 0 amide bonds. The number of carboxylic acid groups (broad SMARTS) is 1. The molecule has 0 spiro atoms. The van der Waals surface area contributed by atoms with Gasteiger partial charge in [0.2, 0.25) is 0 Å². The predicted molar refractivity (Wildman–Crippen MR) is 70.8 cm³/mol. The molecular formula is C13H17NO2S. The first-order valence-corrected chi connectivity index (χ1v) is 6.85. The molecule has 1 atom stereocenters. The van der Waals surface area contributed by atoms with Crippen molar-refractivity contribution < 1.29 is 9.90 Å². The van der Waals surface area contributed by atoms with Gasteiger partial charge < -0.3 is 10.4 Å². The third-order valence-corrected chi connectivity index (χ3v) is 3.90. The van der Waals surface area contributed by atoms with Crippen LogP contribution in [0.5, 0.6) is 0 Å². The molecule has 1 aromatic rings. The fourth-order valence-electron chi connectivity index (χ4n) is 2.09. The molecule has 0 saturated carbocycles. The highest BCUT2D eigenvalue weighted by molar-refractivity contribution is 7.99. The van der Waals surface area contributed by atoms with E-state index in [0.717, 1.165) is 18.7 Å². The van der Waals surface area contributed by atoms with E-state index in [-0.39, 0.29) is 12.3 Å². The van der Waals surface area contributed by atoms with Crippen molar-refractivity contribution in [2.75, 3.05) is 17.6 Å². The molecule has 0 fully saturated rings. The molecule has 17 heavy (non-hydrogen) atoms. The number of benzene rings is 1. The molecule has 0 radical (unpaired) electrons. The standard InChI is InChI=1S/C13H17NO2S/c1-9(7-13(15)16)6-10-2-3-12-11(8-10)14-4-5-17-12/h2-3,8-9,14H,4-7H2,1H3,(H,15,16). The lowest BCUT2D eigenvalue weighted by Gasteiger charge is -2.19. The van der Waals surface area contributed by atoms with Gasteiger partial charge in [0.05, 0.1) is 0 Å². The van der Waals surface area contributed by atoms with Gasteiger partial charge in [-0.15, -0.1) is 11.8 Å². The number of thioether (sulfide) groups is 1. The summed E-state index contributed by atoms with van der Waals surface area (Å²) in [6, 6.07) is 6.39. The molecule has 1 aliphatic rings. The molecule has 0 aromatic heterocycles. The number of nitrogens with one attached hydrogen (secondary N) is 1. The molecular weight excluding hydrogens is 234 g/mol. The zero-order valence-corrected chi connectivity index (χ0v) is 10.7. The Morgan fingerprint density at radius 1 is 1.59 bits per heavy atom. The maximum absolute atomic E-state index is 10.6. The van der Waals surface area contributed by atoms with Crippen LogP contribution in [0.3, 0.4) is 0 Å². The molecule has 1 aromatic carbocycles. The van der Waals surface area contributed by atoms with Gasteiger partial charge in [0.25, 0.3) is 0 Å². The lowest BCUT2D eigenvalue weighted by Crippen LogP contribution is -2.11. The second kappa shape index (κ2) is 5.45. The van der Waals surface area contributed by atoms with Crippen molar-refractivity contribution in [3.05, 3.63) is 23.8 Å². The van der Waals surface area contributed by atoms with Crippen LogP contribution in [0.2, 0.25) is 0 Å². The third-order valence-electron chi connectivity index (χ3n) is 2.83. The number of aliphatic carboxylic acids is 1. The van der Waals surface area contributed by atoms with E-state index in [1.807, 2.05) is 18.7 Å². The summed E-state index contributed by atoms with van der Waals surface area (Å²) in [7, 11) is 0. The van der Waals surface area contributed by atoms with Crippen molar-refractivity contribution in [1.82, 2.24) is 0 Å². The molecule has 3 nitrogen and oxygen atoms in total. The zero-order chi connectivity index (χ0) is 12.3. The summed E-state index contributed by atoms with van der Waals surface area (Å²) in [6.45, 7) is 2.99. The minimum Gasteiger partial charge on any atom is -0.481 e. The normalized spacial score (nSPS) is 15.8. The van der Waals surface area contributed by atoms with Gasteiger partial charge in [-0.2, -0.15) is 0 Å². The monoisotopic (exact) mass is 251 g/mol. The van der Waals surface area contributed by atoms with E-state index >= 15 is 0 Å². The van der Waals surface area contributed by atoms with Crippen molar-refractivity contribution in [1.29, 1.82) is 0 Å². The van der Waals surface area contributed by atoms with Crippen LogP contribution in [-0.2, 0) is 11.2 Å². The first-order chi connectivity index (χ1) is 8.15. The Bertz CT molecular complexity index is 420. The van der Waals surface area contributed by atoms with E-state index in [1.165, 1.54) is 16.1 Å². The Kier molecular flexibility index (Phi) is 3.94. The molecule has 4 heteroatoms. The Morgan fingerprint density at radius 3 is 3.18 bits per heavy atom. The smallest absolute Gasteiger partial charge is 0.303 e. The van der Waals surface area contributed by atoms with Gasteiger partial charge in [0.15, 0.2) is 0 Å². The molecule has 0 aliphatic carbocycles. The molecule has 1 aliphatic heterocycles. The highest BCUT2D eigenvalue weighted by Gasteiger charge is 2.12. The Balaban J connectivity index is 2.04. The fraction of sp³-hybridized carbons (Fsp3) is 0.462. The highest BCUT2D eigenvalue weighted by Crippen LogP contribution is 2.32. The van der Waals surface area contributed by atoms with Crippen LogP contribution < -0.4 is 5.32 Å². The van der Waals surface area contributed by atoms with E-state index in [4.69, 9.17) is 5.11 Å². The van der Waals surface area contributed by atoms with Crippen molar-refractivity contribution in [2.24, 2.45) is 5.92 Å². The van der Waals surface area contributed by atoms with E-state index in [2.05, 4.69) is 23.5 Å². The second-order valence-corrected chi connectivity index (χ2v) is 5.65. The van der Waals surface area contributed by atoms with Gasteiger partial charge in [-0.3, -0.25) is 4.79 Å². The second-order valence-electron chi connectivity index (χ2n) is 4.51. The predicted octanol–water partition coefficient (Wildman–Crippen LogP) is 2.86. The van der Waals surface area contributed by atoms with Crippen molar-refractivity contribution >= 4 is 23.4 Å². The van der Waals surface area contributed by atoms with Crippen LogP contribution in [0.1, 0.15) is 18.9 Å². The largest absolute Gasteiger partial charge is 0.481 e. The van der Waals surface area contributed by atoms with Crippen molar-refractivity contribution in [3.8, 4) is 0 Å². The minimum absolute atomic E-state index is 0.182. The van der Waals surface area contributed by atoms with Gasteiger partial charge >= 0.3 is 5.97 Å². The van der Waals surface area contributed by atoms with Gasteiger partial charge in [-0.05, 0) is 30.0 Å². The summed E-state index contributed by atoms with van der Waals surface area (Å²) in [6.07, 6.45) is 1.06. The lowest BCUT2D eigenvalue weighted by atomic mass is 9.98. The molecule has 2 N–H and O–H groups in total. The van der Waals surface area contributed by atoms with Gasteiger partial charge in [-0.25, -0.2) is 0 Å². The maximum Gasteiger partial charge on any atom is 0.303 e. The summed E-state index contributed by atoms with van der Waals surface area (Å²) < 4.78 is 0. The SMILES string of the molecule is CC(CC(=O)O)Cc1ccc2c(c1)NCCS2. The Morgan fingerprint density at radius 2 is 2.41 bits per heavy atom. The van der Waals surface area contributed by atoms with E-state index < -0.39 is 5.97 Å². The minimum atomic E-state index is -0.718. The third kappa shape index (κ3) is 3.40. The number of carboxylic acids is 1. The van der Waals surface area contributed by atoms with Crippen molar-refractivity contribution in [2.45, 2.75) is 24.7 Å². The van der Waals surface area contributed by atoms with Crippen LogP contribution in [0.4, 0.5) is 5.69 Å². The zero-order valence-electron chi connectivity index (χ0n) is 9.90. The van der Waals surface area contributed by atoms with Crippen molar-refractivity contribution in [3.63, 3.8) is 0 Å². The first kappa shape index (κ1) is 12.3. The summed E-state index contributed by atoms with van der Waals surface area (Å²) >= 11 is 1.87. The van der Waals surface area contributed by atoms with Crippen LogP contribution >= 0.6 is 11.8 Å². The Hall–Kier alpha value is -1.16. The highest BCUT2D eigenvalue weighted by atomic mass is 32.2. The van der Waals surface area contributed by atoms with E-state index in [1.54, 1.807) is 0 Å². The van der Waals surface area contributed by atoms with Gasteiger partial charge in [-0.1, -0.05) is 13.0 Å². The summed E-state index contributed by atoms with van der Waals surface area (Å²) in [5.74, 6) is 0.577. The number of hydrogen-bond donors (Lipinski definition) is 2. The van der Waals surface area contributed by atoms with E-state index in [0.29, 0.717) is 0 Å². The number of carbonyl (C=O) groups is 1. The average Bonchev–Trinajstić information content (AvgIpc) is 2.27. The molecule has 1 unspecified atom stereocenters. The van der Waals surface area contributed by atoms with E-state index in [9.17, 15) is 4.79 Å². The summed E-state index contributed by atoms with van der Waals surface area (Å²) in [4.78, 5) is 11.9. The molecule has 2 rings (SSSR count). The molecule has 1 heterocycles. The molecule has 0 bridgehead atoms. The van der Waals surface area contributed by atoms with Gasteiger partial charge in [0.1, 0.15) is 0 Å². The quantitative estimate of drug-likeness (QED) is 0.864. The Labute approximate surface area is 106 Å². The fourth-order valence-corrected chi connectivity index (χ4v) is 2.96.